The summed E-state index contributed by atoms with van der Waals surface area (Å²) in [5.41, 5.74) is 1.93. The van der Waals surface area contributed by atoms with E-state index in [-0.39, 0.29) is 23.9 Å². The van der Waals surface area contributed by atoms with E-state index in [1.54, 1.807) is 32.0 Å². The predicted octanol–water partition coefficient (Wildman–Crippen LogP) is 6.25. The van der Waals surface area contributed by atoms with Gasteiger partial charge in [-0.1, -0.05) is 24.3 Å². The minimum absolute atomic E-state index is 0.172. The number of amides is 1. The number of hydrogen-bond acceptors (Lipinski definition) is 3. The topological polar surface area (TPSA) is 46.3 Å². The molecule has 1 aliphatic rings. The molecule has 4 nitrogen and oxygen atoms in total. The fourth-order valence-corrected chi connectivity index (χ4v) is 4.16. The van der Waals surface area contributed by atoms with E-state index >= 15 is 0 Å². The van der Waals surface area contributed by atoms with E-state index < -0.39 is 22.9 Å². The molecule has 2 heterocycles. The van der Waals surface area contributed by atoms with Crippen molar-refractivity contribution in [2.75, 3.05) is 4.90 Å². The number of rotatable bonds is 4. The number of nitrogens with zero attached hydrogens (tertiary/aromatic N) is 2. The number of fused-ring (bicyclic) bond motifs is 1. The lowest BCUT2D eigenvalue weighted by molar-refractivity contribution is -0.122. The Bertz CT molecular complexity index is 1370. The van der Waals surface area contributed by atoms with E-state index in [2.05, 4.69) is 4.98 Å². The SMILES string of the molecule is CC1(C)C(=O)N(Cc2c(F)cccc2F)c2cc(-c3coc(-c4cccc(F)c4)n3)ccc21. The van der Waals surface area contributed by atoms with Crippen LogP contribution in [0, 0.1) is 17.5 Å². The Morgan fingerprint density at radius 2 is 1.67 bits per heavy atom. The van der Waals surface area contributed by atoms with E-state index in [0.717, 1.165) is 5.56 Å². The summed E-state index contributed by atoms with van der Waals surface area (Å²) in [7, 11) is 0. The minimum atomic E-state index is -0.855. The first-order valence-corrected chi connectivity index (χ1v) is 10.4. The normalized spacial score (nSPS) is 14.6. The summed E-state index contributed by atoms with van der Waals surface area (Å²) >= 11 is 0. The molecule has 0 saturated heterocycles. The molecule has 0 bridgehead atoms. The number of halogens is 3. The third-order valence-electron chi connectivity index (χ3n) is 5.99. The second-order valence-electron chi connectivity index (χ2n) is 8.50. The van der Waals surface area contributed by atoms with Gasteiger partial charge in [0.15, 0.2) is 0 Å². The van der Waals surface area contributed by atoms with Crippen molar-refractivity contribution in [2.24, 2.45) is 0 Å². The Kier molecular flexibility index (Phi) is 4.85. The molecular weight excluding hydrogens is 429 g/mol. The monoisotopic (exact) mass is 448 g/mol. The highest BCUT2D eigenvalue weighted by atomic mass is 19.1. The standard InChI is InChI=1S/C26H19F3N2O2/c1-26(2)19-10-9-15(22-14-33-24(30-22)16-5-3-6-17(27)11-16)12-23(19)31(25(26)32)13-18-20(28)7-4-8-21(18)29/h3-12,14H,13H2,1-2H3. The average Bonchev–Trinajstić information content (AvgIpc) is 3.34. The summed E-state index contributed by atoms with van der Waals surface area (Å²) in [5.74, 6) is -1.81. The van der Waals surface area contributed by atoms with Crippen LogP contribution < -0.4 is 4.90 Å². The van der Waals surface area contributed by atoms with Crippen LogP contribution in [0.1, 0.15) is 25.0 Å². The Morgan fingerprint density at radius 1 is 0.939 bits per heavy atom. The molecule has 0 atom stereocenters. The molecule has 0 spiro atoms. The Labute approximate surface area is 188 Å². The summed E-state index contributed by atoms with van der Waals surface area (Å²) < 4.78 is 47.7. The molecule has 0 saturated carbocycles. The summed E-state index contributed by atoms with van der Waals surface area (Å²) in [6.45, 7) is 3.33. The van der Waals surface area contributed by atoms with Gasteiger partial charge < -0.3 is 9.32 Å². The number of oxazole rings is 1. The van der Waals surface area contributed by atoms with E-state index in [9.17, 15) is 18.0 Å². The zero-order valence-electron chi connectivity index (χ0n) is 17.9. The summed E-state index contributed by atoms with van der Waals surface area (Å²) in [6.07, 6.45) is 1.45. The molecule has 0 N–H and O–H groups in total. The van der Waals surface area contributed by atoms with Gasteiger partial charge in [-0.3, -0.25) is 4.79 Å². The van der Waals surface area contributed by atoms with Crippen LogP contribution in [0.15, 0.2) is 71.3 Å². The lowest BCUT2D eigenvalue weighted by atomic mass is 9.86. The highest BCUT2D eigenvalue weighted by molar-refractivity contribution is 6.08. The van der Waals surface area contributed by atoms with E-state index in [1.807, 2.05) is 12.1 Å². The molecule has 33 heavy (non-hydrogen) atoms. The molecule has 0 fully saturated rings. The zero-order valence-corrected chi connectivity index (χ0v) is 17.9. The second-order valence-corrected chi connectivity index (χ2v) is 8.50. The van der Waals surface area contributed by atoms with Crippen molar-refractivity contribution in [3.63, 3.8) is 0 Å². The van der Waals surface area contributed by atoms with Gasteiger partial charge in [-0.05, 0) is 55.8 Å². The number of carbonyl (C=O) groups excluding carboxylic acids is 1. The predicted molar refractivity (Wildman–Crippen MR) is 118 cm³/mol. The van der Waals surface area contributed by atoms with Crippen LogP contribution >= 0.6 is 0 Å². The maximum absolute atomic E-state index is 14.3. The Morgan fingerprint density at radius 3 is 2.39 bits per heavy atom. The van der Waals surface area contributed by atoms with Crippen molar-refractivity contribution >= 4 is 11.6 Å². The Hall–Kier alpha value is -3.87. The fourth-order valence-electron chi connectivity index (χ4n) is 4.16. The van der Waals surface area contributed by atoms with E-state index in [0.29, 0.717) is 22.5 Å². The molecule has 4 aromatic rings. The highest BCUT2D eigenvalue weighted by Crippen LogP contribution is 2.44. The number of aromatic nitrogens is 1. The van der Waals surface area contributed by atoms with Gasteiger partial charge in [0.05, 0.1) is 12.0 Å². The molecule has 166 valence electrons. The van der Waals surface area contributed by atoms with Crippen molar-refractivity contribution in [3.05, 3.63) is 95.5 Å². The molecule has 0 radical (unpaired) electrons. The van der Waals surface area contributed by atoms with Crippen molar-refractivity contribution in [1.82, 2.24) is 4.98 Å². The van der Waals surface area contributed by atoms with Gasteiger partial charge in [0.25, 0.3) is 0 Å². The van der Waals surface area contributed by atoms with E-state index in [4.69, 9.17) is 4.42 Å². The van der Waals surface area contributed by atoms with E-state index in [1.165, 1.54) is 41.5 Å². The smallest absolute Gasteiger partial charge is 0.237 e. The average molecular weight is 448 g/mol. The molecule has 5 rings (SSSR count). The molecular formula is C26H19F3N2O2. The number of hydrogen-bond donors (Lipinski definition) is 0. The van der Waals surface area contributed by atoms with Crippen molar-refractivity contribution in [1.29, 1.82) is 0 Å². The number of anilines is 1. The zero-order chi connectivity index (χ0) is 23.3. The summed E-state index contributed by atoms with van der Waals surface area (Å²) in [4.78, 5) is 19.0. The van der Waals surface area contributed by atoms with Crippen molar-refractivity contribution < 1.29 is 22.4 Å². The van der Waals surface area contributed by atoms with Gasteiger partial charge in [-0.25, -0.2) is 18.2 Å². The molecule has 1 aromatic heterocycles. The van der Waals surface area contributed by atoms with Crippen LogP contribution in [-0.4, -0.2) is 10.9 Å². The van der Waals surface area contributed by atoms with Gasteiger partial charge in [0.1, 0.15) is 29.4 Å². The maximum Gasteiger partial charge on any atom is 0.237 e. The van der Waals surface area contributed by atoms with Gasteiger partial charge in [0.2, 0.25) is 11.8 Å². The molecule has 0 aliphatic carbocycles. The lowest BCUT2D eigenvalue weighted by Crippen LogP contribution is -2.36. The number of carbonyl (C=O) groups is 1. The van der Waals surface area contributed by atoms with Gasteiger partial charge in [0, 0.05) is 22.4 Å². The van der Waals surface area contributed by atoms with Crippen LogP contribution in [0.2, 0.25) is 0 Å². The van der Waals surface area contributed by atoms with Crippen molar-refractivity contribution in [2.45, 2.75) is 25.8 Å². The first-order chi connectivity index (χ1) is 15.8. The van der Waals surface area contributed by atoms with Crippen LogP contribution in [-0.2, 0) is 16.8 Å². The molecule has 1 aliphatic heterocycles. The molecule has 1 amide bonds. The third kappa shape index (κ3) is 3.50. The highest BCUT2D eigenvalue weighted by Gasteiger charge is 2.44. The fraction of sp³-hybridized carbons (Fsp3) is 0.154. The molecule has 3 aromatic carbocycles. The van der Waals surface area contributed by atoms with Gasteiger partial charge >= 0.3 is 0 Å². The first kappa shape index (κ1) is 21.0. The minimum Gasteiger partial charge on any atom is -0.444 e. The Balaban J connectivity index is 1.55. The first-order valence-electron chi connectivity index (χ1n) is 10.4. The maximum atomic E-state index is 14.3. The van der Waals surface area contributed by atoms with Crippen molar-refractivity contribution in [3.8, 4) is 22.7 Å². The number of benzene rings is 3. The quantitative estimate of drug-likeness (QED) is 0.371. The lowest BCUT2D eigenvalue weighted by Gasteiger charge is -2.21. The van der Waals surface area contributed by atoms with Crippen LogP contribution in [0.5, 0.6) is 0 Å². The van der Waals surface area contributed by atoms with Crippen LogP contribution in [0.25, 0.3) is 22.7 Å². The second kappa shape index (κ2) is 7.62. The summed E-state index contributed by atoms with van der Waals surface area (Å²) in [6, 6.07) is 14.9. The van der Waals surface area contributed by atoms with Crippen LogP contribution in [0.4, 0.5) is 18.9 Å². The molecule has 7 heteroatoms. The molecule has 0 unspecified atom stereocenters. The summed E-state index contributed by atoms with van der Waals surface area (Å²) in [5, 5.41) is 0. The van der Waals surface area contributed by atoms with Gasteiger partial charge in [-0.15, -0.1) is 0 Å². The largest absolute Gasteiger partial charge is 0.444 e. The third-order valence-corrected chi connectivity index (χ3v) is 5.99. The van der Waals surface area contributed by atoms with Gasteiger partial charge in [-0.2, -0.15) is 0 Å². The van der Waals surface area contributed by atoms with Crippen LogP contribution in [0.3, 0.4) is 0 Å².